The number of nitrogens with one attached hydrogen (secondary N) is 3. The van der Waals surface area contributed by atoms with E-state index >= 15 is 0 Å². The molecule has 0 heterocycles. The summed E-state index contributed by atoms with van der Waals surface area (Å²) in [6.45, 7) is 3.38. The van der Waals surface area contributed by atoms with Crippen molar-refractivity contribution in [3.05, 3.63) is 101 Å². The van der Waals surface area contributed by atoms with Gasteiger partial charge in [-0.2, -0.15) is 0 Å². The molecule has 0 bridgehead atoms. The van der Waals surface area contributed by atoms with Crippen LogP contribution < -0.4 is 26.4 Å². The maximum absolute atomic E-state index is 13.2. The second-order valence-electron chi connectivity index (χ2n) is 8.61. The zero-order valence-electron chi connectivity index (χ0n) is 21.0. The number of hydrogen-bond donors (Lipinski definition) is 4. The molecule has 0 spiro atoms. The molecular weight excluding hydrogens is 452 g/mol. The highest BCUT2D eigenvalue weighted by atomic mass is 16.5. The van der Waals surface area contributed by atoms with Gasteiger partial charge in [-0.1, -0.05) is 66.7 Å². The van der Waals surface area contributed by atoms with Crippen LogP contribution in [-0.2, 0) is 35.5 Å². The lowest BCUT2D eigenvalue weighted by molar-refractivity contribution is -0.130. The Balaban J connectivity index is 1.67. The van der Waals surface area contributed by atoms with Crippen LogP contribution in [0.5, 0.6) is 5.75 Å². The highest BCUT2D eigenvalue weighted by Gasteiger charge is 2.25. The Morgan fingerprint density at radius 2 is 1.36 bits per heavy atom. The number of likely N-dealkylation sites (N-methyl/N-ethyl adjacent to an activating group) is 1. The number of amides is 2. The van der Waals surface area contributed by atoms with Crippen LogP contribution in [0.3, 0.4) is 0 Å². The molecule has 5 N–H and O–H groups in total. The van der Waals surface area contributed by atoms with Gasteiger partial charge < -0.3 is 26.4 Å². The molecule has 3 aromatic rings. The number of benzene rings is 3. The van der Waals surface area contributed by atoms with E-state index < -0.39 is 12.1 Å². The zero-order valence-corrected chi connectivity index (χ0v) is 21.0. The van der Waals surface area contributed by atoms with Crippen molar-refractivity contribution in [1.29, 1.82) is 0 Å². The van der Waals surface area contributed by atoms with Crippen molar-refractivity contribution in [2.75, 3.05) is 13.7 Å². The normalized spacial score (nSPS) is 12.4. The lowest BCUT2D eigenvalue weighted by atomic mass is 10.0. The van der Waals surface area contributed by atoms with E-state index in [9.17, 15) is 9.59 Å². The largest absolute Gasteiger partial charge is 0.494 e. The van der Waals surface area contributed by atoms with Gasteiger partial charge >= 0.3 is 0 Å². The highest BCUT2D eigenvalue weighted by molar-refractivity contribution is 5.90. The summed E-state index contributed by atoms with van der Waals surface area (Å²) in [6, 6.07) is 24.0. The third-order valence-corrected chi connectivity index (χ3v) is 5.98. The Labute approximate surface area is 213 Å². The average molecular weight is 489 g/mol. The summed E-state index contributed by atoms with van der Waals surface area (Å²) < 4.78 is 5.50. The fourth-order valence-corrected chi connectivity index (χ4v) is 3.89. The lowest BCUT2D eigenvalue weighted by Gasteiger charge is -2.23. The van der Waals surface area contributed by atoms with Crippen LogP contribution in [-0.4, -0.2) is 37.6 Å². The van der Waals surface area contributed by atoms with E-state index in [1.807, 2.05) is 85.8 Å². The fourth-order valence-electron chi connectivity index (χ4n) is 3.89. The molecule has 0 fully saturated rings. The Bertz CT molecular complexity index is 1090. The molecule has 36 heavy (non-hydrogen) atoms. The summed E-state index contributed by atoms with van der Waals surface area (Å²) in [7, 11) is 1.75. The van der Waals surface area contributed by atoms with E-state index in [0.717, 1.165) is 28.0 Å². The summed E-state index contributed by atoms with van der Waals surface area (Å²) in [5, 5.41) is 9.02. The Kier molecular flexibility index (Phi) is 10.5. The molecule has 190 valence electrons. The predicted molar refractivity (Wildman–Crippen MR) is 142 cm³/mol. The molecule has 0 aliphatic heterocycles. The molecule has 2 amide bonds. The van der Waals surface area contributed by atoms with Crippen LogP contribution in [0.15, 0.2) is 78.9 Å². The van der Waals surface area contributed by atoms with Gasteiger partial charge in [0.25, 0.3) is 0 Å². The SMILES string of the molecule is CCOc1ccc(CC(NC)C(=O)N[C@@H](Cc2ccccc2)C(=O)NCc2ccc(CN)cc2)cc1. The molecule has 0 radical (unpaired) electrons. The van der Waals surface area contributed by atoms with Gasteiger partial charge in [-0.25, -0.2) is 0 Å². The third-order valence-electron chi connectivity index (χ3n) is 5.98. The number of nitrogens with two attached hydrogens (primary N) is 1. The van der Waals surface area contributed by atoms with Gasteiger partial charge in [-0.05, 0) is 54.8 Å². The molecular formula is C29H36N4O3. The van der Waals surface area contributed by atoms with Crippen LogP contribution >= 0.6 is 0 Å². The zero-order chi connectivity index (χ0) is 25.8. The number of carbonyl (C=O) groups is 2. The number of hydrogen-bond acceptors (Lipinski definition) is 5. The average Bonchev–Trinajstić information content (AvgIpc) is 2.91. The van der Waals surface area contributed by atoms with Gasteiger partial charge in [-0.3, -0.25) is 9.59 Å². The second-order valence-corrected chi connectivity index (χ2v) is 8.61. The van der Waals surface area contributed by atoms with Gasteiger partial charge in [0.05, 0.1) is 12.6 Å². The van der Waals surface area contributed by atoms with Gasteiger partial charge in [0.2, 0.25) is 11.8 Å². The van der Waals surface area contributed by atoms with Crippen molar-refractivity contribution < 1.29 is 14.3 Å². The summed E-state index contributed by atoms with van der Waals surface area (Å²) in [5.41, 5.74) is 9.63. The first-order chi connectivity index (χ1) is 17.5. The van der Waals surface area contributed by atoms with Crippen LogP contribution in [0.1, 0.15) is 29.2 Å². The van der Waals surface area contributed by atoms with Crippen LogP contribution in [0.25, 0.3) is 0 Å². The summed E-state index contributed by atoms with van der Waals surface area (Å²) in [6.07, 6.45) is 0.881. The second kappa shape index (κ2) is 14.0. The quantitative estimate of drug-likeness (QED) is 0.296. The van der Waals surface area contributed by atoms with Crippen molar-refractivity contribution in [2.24, 2.45) is 5.73 Å². The molecule has 0 saturated carbocycles. The molecule has 7 heteroatoms. The van der Waals surface area contributed by atoms with Gasteiger partial charge in [0.15, 0.2) is 0 Å². The highest BCUT2D eigenvalue weighted by Crippen LogP contribution is 2.14. The first kappa shape index (κ1) is 26.9. The molecule has 7 nitrogen and oxygen atoms in total. The van der Waals surface area contributed by atoms with Crippen molar-refractivity contribution in [3.8, 4) is 5.75 Å². The van der Waals surface area contributed by atoms with Crippen molar-refractivity contribution in [2.45, 2.75) is 44.9 Å². The molecule has 0 aromatic heterocycles. The Morgan fingerprint density at radius 3 is 1.97 bits per heavy atom. The van der Waals surface area contributed by atoms with E-state index in [-0.39, 0.29) is 11.8 Å². The molecule has 3 rings (SSSR count). The smallest absolute Gasteiger partial charge is 0.243 e. The van der Waals surface area contributed by atoms with Crippen LogP contribution in [0.2, 0.25) is 0 Å². The molecule has 0 aliphatic carbocycles. The molecule has 0 aliphatic rings. The van der Waals surface area contributed by atoms with Crippen molar-refractivity contribution in [3.63, 3.8) is 0 Å². The van der Waals surface area contributed by atoms with E-state index in [1.165, 1.54) is 0 Å². The standard InChI is InChI=1S/C29H36N4O3/c1-3-36-25-15-13-22(14-16-25)17-26(31-2)29(35)33-27(18-21-7-5-4-6-8-21)28(34)32-20-24-11-9-23(19-30)10-12-24/h4-16,26-27,31H,3,17-20,30H2,1-2H3,(H,32,34)(H,33,35)/t26?,27-/m0/s1. The van der Waals surface area contributed by atoms with Gasteiger partial charge in [0, 0.05) is 19.5 Å². The third kappa shape index (κ3) is 8.22. The fraction of sp³-hybridized carbons (Fsp3) is 0.310. The number of ether oxygens (including phenoxy) is 1. The van der Waals surface area contributed by atoms with Crippen LogP contribution in [0, 0.1) is 0 Å². The predicted octanol–water partition coefficient (Wildman–Crippen LogP) is 2.72. The molecule has 2 atom stereocenters. The van der Waals surface area contributed by atoms with E-state index in [2.05, 4.69) is 16.0 Å². The summed E-state index contributed by atoms with van der Waals surface area (Å²) in [5.74, 6) is 0.338. The molecule has 1 unspecified atom stereocenters. The van der Waals surface area contributed by atoms with Crippen molar-refractivity contribution in [1.82, 2.24) is 16.0 Å². The maximum atomic E-state index is 13.2. The van der Waals surface area contributed by atoms with Gasteiger partial charge in [-0.15, -0.1) is 0 Å². The van der Waals surface area contributed by atoms with Crippen molar-refractivity contribution >= 4 is 11.8 Å². The summed E-state index contributed by atoms with van der Waals surface area (Å²) in [4.78, 5) is 26.4. The lowest BCUT2D eigenvalue weighted by Crippen LogP contribution is -2.53. The van der Waals surface area contributed by atoms with Crippen LogP contribution in [0.4, 0.5) is 0 Å². The Morgan fingerprint density at radius 1 is 0.778 bits per heavy atom. The van der Waals surface area contributed by atoms with E-state index in [4.69, 9.17) is 10.5 Å². The molecule has 0 saturated heterocycles. The summed E-state index contributed by atoms with van der Waals surface area (Å²) >= 11 is 0. The minimum Gasteiger partial charge on any atom is -0.494 e. The maximum Gasteiger partial charge on any atom is 0.243 e. The first-order valence-electron chi connectivity index (χ1n) is 12.3. The minimum atomic E-state index is -0.709. The first-order valence-corrected chi connectivity index (χ1v) is 12.3. The van der Waals surface area contributed by atoms with E-state index in [1.54, 1.807) is 7.05 Å². The number of carbonyl (C=O) groups excluding carboxylic acids is 2. The van der Waals surface area contributed by atoms with Gasteiger partial charge in [0.1, 0.15) is 11.8 Å². The minimum absolute atomic E-state index is 0.227. The topological polar surface area (TPSA) is 105 Å². The Hall–Kier alpha value is -3.68. The monoisotopic (exact) mass is 488 g/mol. The number of rotatable bonds is 13. The molecule has 3 aromatic carbocycles. The van der Waals surface area contributed by atoms with E-state index in [0.29, 0.717) is 32.5 Å².